The fraction of sp³-hybridized carbons (Fsp3) is 0.857. The van der Waals surface area contributed by atoms with Gasteiger partial charge in [-0.15, -0.1) is 0 Å². The summed E-state index contributed by atoms with van der Waals surface area (Å²) in [5.74, 6) is -0.668. The van der Waals surface area contributed by atoms with Gasteiger partial charge < -0.3 is 14.4 Å². The summed E-state index contributed by atoms with van der Waals surface area (Å²) in [6.07, 6.45) is -0.0484. The molecule has 7 nitrogen and oxygen atoms in total. The van der Waals surface area contributed by atoms with Gasteiger partial charge in [0.25, 0.3) is 5.91 Å². The van der Waals surface area contributed by atoms with Crippen molar-refractivity contribution in [3.8, 4) is 0 Å². The highest BCUT2D eigenvalue weighted by atomic mass is 16.7. The van der Waals surface area contributed by atoms with E-state index in [2.05, 4.69) is 0 Å². The summed E-state index contributed by atoms with van der Waals surface area (Å²) in [6, 6.07) is 0. The number of hydrogen-bond donors (Lipinski definition) is 0. The summed E-state index contributed by atoms with van der Waals surface area (Å²) >= 11 is 0. The molecular formula is C14H26N2O5. The van der Waals surface area contributed by atoms with E-state index >= 15 is 0 Å². The van der Waals surface area contributed by atoms with E-state index in [-0.39, 0.29) is 18.6 Å². The first-order valence-corrected chi connectivity index (χ1v) is 7.02. The summed E-state index contributed by atoms with van der Waals surface area (Å²) in [5, 5.41) is 1.16. The number of carbonyl (C=O) groups excluding carboxylic acids is 2. The van der Waals surface area contributed by atoms with Crippen LogP contribution in [0.15, 0.2) is 0 Å². The van der Waals surface area contributed by atoms with E-state index in [1.165, 1.54) is 7.11 Å². The van der Waals surface area contributed by atoms with Gasteiger partial charge in [0.15, 0.2) is 0 Å². The first-order valence-electron chi connectivity index (χ1n) is 7.02. The molecule has 1 aliphatic rings. The molecule has 0 aromatic rings. The number of rotatable bonds is 3. The van der Waals surface area contributed by atoms with E-state index in [9.17, 15) is 9.59 Å². The number of methoxy groups -OCH3 is 1. The van der Waals surface area contributed by atoms with Crippen LogP contribution in [-0.2, 0) is 19.1 Å². The second-order valence-electron chi connectivity index (χ2n) is 6.11. The summed E-state index contributed by atoms with van der Waals surface area (Å²) < 4.78 is 10.7. The fourth-order valence-electron chi connectivity index (χ4n) is 2.27. The Morgan fingerprint density at radius 1 is 1.24 bits per heavy atom. The minimum Gasteiger partial charge on any atom is -0.444 e. The lowest BCUT2D eigenvalue weighted by molar-refractivity contribution is -0.180. The Labute approximate surface area is 126 Å². The van der Waals surface area contributed by atoms with Crippen molar-refractivity contribution in [1.29, 1.82) is 0 Å². The van der Waals surface area contributed by atoms with Crippen LogP contribution in [0, 0.1) is 5.92 Å². The van der Waals surface area contributed by atoms with Gasteiger partial charge in [0.05, 0.1) is 19.1 Å². The minimum absolute atomic E-state index is 0.211. The predicted molar refractivity (Wildman–Crippen MR) is 76.5 cm³/mol. The zero-order valence-electron chi connectivity index (χ0n) is 13.7. The van der Waals surface area contributed by atoms with Gasteiger partial charge in [-0.05, 0) is 27.2 Å². The van der Waals surface area contributed by atoms with Crippen LogP contribution in [0.3, 0.4) is 0 Å². The van der Waals surface area contributed by atoms with E-state index in [4.69, 9.17) is 14.3 Å². The summed E-state index contributed by atoms with van der Waals surface area (Å²) in [7, 11) is 4.54. The smallest absolute Gasteiger partial charge is 0.410 e. The Balaban J connectivity index is 2.77. The van der Waals surface area contributed by atoms with Crippen molar-refractivity contribution in [2.45, 2.75) is 38.9 Å². The van der Waals surface area contributed by atoms with E-state index in [1.54, 1.807) is 19.1 Å². The molecule has 1 saturated heterocycles. The zero-order chi connectivity index (χ0) is 16.2. The largest absolute Gasteiger partial charge is 0.444 e. The lowest BCUT2D eigenvalue weighted by atomic mass is 9.94. The van der Waals surface area contributed by atoms with Crippen molar-refractivity contribution in [3.63, 3.8) is 0 Å². The first kappa shape index (κ1) is 17.7. The number of ether oxygens (including phenoxy) is 2. The maximum absolute atomic E-state index is 12.3. The Morgan fingerprint density at radius 3 is 2.33 bits per heavy atom. The zero-order valence-corrected chi connectivity index (χ0v) is 13.7. The van der Waals surface area contributed by atoms with Crippen molar-refractivity contribution in [3.05, 3.63) is 0 Å². The number of hydroxylamine groups is 2. The molecule has 21 heavy (non-hydrogen) atoms. The molecule has 0 saturated carbocycles. The first-order chi connectivity index (χ1) is 9.69. The van der Waals surface area contributed by atoms with E-state index in [0.717, 1.165) is 5.06 Å². The Kier molecular flexibility index (Phi) is 5.98. The molecule has 1 fully saturated rings. The molecular weight excluding hydrogens is 276 g/mol. The normalized spacial score (nSPS) is 22.9. The molecule has 7 heteroatoms. The summed E-state index contributed by atoms with van der Waals surface area (Å²) in [6.45, 7) is 6.21. The van der Waals surface area contributed by atoms with Crippen LogP contribution in [0.25, 0.3) is 0 Å². The monoisotopic (exact) mass is 302 g/mol. The van der Waals surface area contributed by atoms with Crippen molar-refractivity contribution >= 4 is 12.0 Å². The van der Waals surface area contributed by atoms with E-state index in [0.29, 0.717) is 13.0 Å². The van der Waals surface area contributed by atoms with Gasteiger partial charge in [-0.1, -0.05) is 0 Å². The Hall–Kier alpha value is -1.34. The molecule has 2 atom stereocenters. The van der Waals surface area contributed by atoms with Crippen LogP contribution in [0.2, 0.25) is 0 Å². The maximum Gasteiger partial charge on any atom is 0.410 e. The van der Waals surface area contributed by atoms with Crippen LogP contribution < -0.4 is 0 Å². The lowest BCUT2D eigenvalue weighted by Crippen LogP contribution is -2.53. The standard InChI is InChI=1S/C14H26N2O5/c1-14(2,3)21-13(18)16-8-7-11(19-5)10(9-16)12(17)15(4)20-6/h10-11H,7-9H2,1-6H3. The lowest BCUT2D eigenvalue weighted by Gasteiger charge is -2.38. The Bertz CT molecular complexity index is 380. The molecule has 122 valence electrons. The van der Waals surface area contributed by atoms with Crippen molar-refractivity contribution in [1.82, 2.24) is 9.96 Å². The van der Waals surface area contributed by atoms with Gasteiger partial charge in [-0.3, -0.25) is 9.63 Å². The molecule has 0 spiro atoms. The van der Waals surface area contributed by atoms with E-state index < -0.39 is 17.6 Å². The SMILES string of the molecule is COC1CCN(C(=O)OC(C)(C)C)CC1C(=O)N(C)OC. The van der Waals surface area contributed by atoms with Gasteiger partial charge in [0.1, 0.15) is 5.60 Å². The van der Waals surface area contributed by atoms with Crippen LogP contribution in [0.1, 0.15) is 27.2 Å². The van der Waals surface area contributed by atoms with Crippen molar-refractivity contribution in [2.24, 2.45) is 5.92 Å². The van der Waals surface area contributed by atoms with Crippen LogP contribution >= 0.6 is 0 Å². The highest BCUT2D eigenvalue weighted by Crippen LogP contribution is 2.23. The summed E-state index contributed by atoms with van der Waals surface area (Å²) in [4.78, 5) is 30.9. The maximum atomic E-state index is 12.3. The average Bonchev–Trinajstić information content (AvgIpc) is 2.43. The van der Waals surface area contributed by atoms with Crippen LogP contribution in [0.4, 0.5) is 4.79 Å². The number of likely N-dealkylation sites (tertiary alicyclic amines) is 1. The number of hydrogen-bond acceptors (Lipinski definition) is 5. The number of amides is 2. The molecule has 0 aromatic heterocycles. The third-order valence-electron chi connectivity index (χ3n) is 3.41. The van der Waals surface area contributed by atoms with Gasteiger partial charge >= 0.3 is 6.09 Å². The van der Waals surface area contributed by atoms with Gasteiger partial charge in [-0.2, -0.15) is 0 Å². The average molecular weight is 302 g/mol. The highest BCUT2D eigenvalue weighted by molar-refractivity contribution is 5.79. The van der Waals surface area contributed by atoms with Crippen LogP contribution in [0.5, 0.6) is 0 Å². The molecule has 1 aliphatic heterocycles. The topological polar surface area (TPSA) is 68.3 Å². The van der Waals surface area contributed by atoms with Gasteiger partial charge in [0, 0.05) is 27.2 Å². The van der Waals surface area contributed by atoms with Gasteiger partial charge in [-0.25, -0.2) is 9.86 Å². The predicted octanol–water partition coefficient (Wildman–Crippen LogP) is 1.28. The number of nitrogens with zero attached hydrogens (tertiary/aromatic N) is 2. The molecule has 2 unspecified atom stereocenters. The minimum atomic E-state index is -0.558. The number of piperidine rings is 1. The molecule has 2 amide bonds. The molecule has 0 bridgehead atoms. The number of carbonyl (C=O) groups is 2. The van der Waals surface area contributed by atoms with Gasteiger partial charge in [0.2, 0.25) is 0 Å². The molecule has 1 heterocycles. The van der Waals surface area contributed by atoms with Crippen molar-refractivity contribution in [2.75, 3.05) is 34.4 Å². The fourth-order valence-corrected chi connectivity index (χ4v) is 2.27. The van der Waals surface area contributed by atoms with Crippen molar-refractivity contribution < 1.29 is 23.9 Å². The molecule has 1 rings (SSSR count). The second-order valence-corrected chi connectivity index (χ2v) is 6.11. The summed E-state index contributed by atoms with van der Waals surface area (Å²) in [5.41, 5.74) is -0.558. The van der Waals surface area contributed by atoms with Crippen LogP contribution in [-0.4, -0.2) is 68.0 Å². The third-order valence-corrected chi connectivity index (χ3v) is 3.41. The highest BCUT2D eigenvalue weighted by Gasteiger charge is 2.39. The third kappa shape index (κ3) is 4.86. The second kappa shape index (κ2) is 7.09. The van der Waals surface area contributed by atoms with E-state index in [1.807, 2.05) is 20.8 Å². The molecule has 0 N–H and O–H groups in total. The molecule has 0 aromatic carbocycles. The molecule has 0 radical (unpaired) electrons. The Morgan fingerprint density at radius 2 is 1.86 bits per heavy atom. The quantitative estimate of drug-likeness (QED) is 0.735. The molecule has 0 aliphatic carbocycles.